The van der Waals surface area contributed by atoms with E-state index in [0.717, 1.165) is 0 Å². The van der Waals surface area contributed by atoms with Crippen molar-refractivity contribution in [3.63, 3.8) is 0 Å². The average Bonchev–Trinajstić information content (AvgIpc) is 2.21. The fourth-order valence-electron chi connectivity index (χ4n) is 1.51. The number of nitrogens with one attached hydrogen (secondary N) is 1. The van der Waals surface area contributed by atoms with Crippen LogP contribution in [0.5, 0.6) is 0 Å². The molecular formula is C11H16N2O3S. The van der Waals surface area contributed by atoms with Gasteiger partial charge in [-0.15, -0.1) is 0 Å². The molecular weight excluding hydrogens is 240 g/mol. The van der Waals surface area contributed by atoms with Gasteiger partial charge in [-0.2, -0.15) is 0 Å². The molecule has 0 saturated carbocycles. The Hall–Kier alpha value is -1.40. The SMILES string of the molecule is CCC(=O)Nc1c(C)cc(S(N)(=O)=O)cc1C. The number of nitrogens with two attached hydrogens (primary N) is 1. The van der Waals surface area contributed by atoms with E-state index in [2.05, 4.69) is 5.32 Å². The van der Waals surface area contributed by atoms with Gasteiger partial charge < -0.3 is 5.32 Å². The molecule has 0 heterocycles. The quantitative estimate of drug-likeness (QED) is 0.854. The molecule has 0 atom stereocenters. The second kappa shape index (κ2) is 4.85. The van der Waals surface area contributed by atoms with Crippen molar-refractivity contribution in [1.29, 1.82) is 0 Å². The van der Waals surface area contributed by atoms with Gasteiger partial charge in [-0.3, -0.25) is 4.79 Å². The molecule has 1 aromatic carbocycles. The lowest BCUT2D eigenvalue weighted by atomic mass is 10.1. The summed E-state index contributed by atoms with van der Waals surface area (Å²) in [5.41, 5.74) is 2.00. The molecule has 0 saturated heterocycles. The number of sulfonamides is 1. The third-order valence-corrected chi connectivity index (χ3v) is 3.31. The molecule has 0 aromatic heterocycles. The van der Waals surface area contributed by atoms with Crippen LogP contribution >= 0.6 is 0 Å². The maximum atomic E-state index is 11.3. The maximum absolute atomic E-state index is 11.3. The first kappa shape index (κ1) is 13.7. The van der Waals surface area contributed by atoms with Crippen molar-refractivity contribution in [3.8, 4) is 0 Å². The number of benzene rings is 1. The van der Waals surface area contributed by atoms with Crippen LogP contribution in [0.1, 0.15) is 24.5 Å². The van der Waals surface area contributed by atoms with Crippen LogP contribution in [-0.2, 0) is 14.8 Å². The molecule has 6 heteroatoms. The van der Waals surface area contributed by atoms with Gasteiger partial charge in [0.2, 0.25) is 15.9 Å². The minimum Gasteiger partial charge on any atom is -0.326 e. The highest BCUT2D eigenvalue weighted by atomic mass is 32.2. The van der Waals surface area contributed by atoms with E-state index < -0.39 is 10.0 Å². The Morgan fingerprint density at radius 1 is 1.29 bits per heavy atom. The van der Waals surface area contributed by atoms with Crippen LogP contribution in [0.3, 0.4) is 0 Å². The summed E-state index contributed by atoms with van der Waals surface area (Å²) in [6.07, 6.45) is 0.371. The summed E-state index contributed by atoms with van der Waals surface area (Å²) in [4.78, 5) is 11.4. The summed E-state index contributed by atoms with van der Waals surface area (Å²) in [6, 6.07) is 2.90. The molecule has 0 aliphatic rings. The summed E-state index contributed by atoms with van der Waals surface area (Å²) in [5, 5.41) is 7.79. The summed E-state index contributed by atoms with van der Waals surface area (Å²) >= 11 is 0. The second-order valence-electron chi connectivity index (χ2n) is 3.88. The standard InChI is InChI=1S/C11H16N2O3S/c1-4-10(14)13-11-7(2)5-9(6-8(11)3)17(12,15)16/h5-6H,4H2,1-3H3,(H,13,14)(H2,12,15,16). The van der Waals surface area contributed by atoms with Crippen LogP contribution in [0.15, 0.2) is 17.0 Å². The molecule has 0 aliphatic carbocycles. The van der Waals surface area contributed by atoms with Crippen LogP contribution in [0.2, 0.25) is 0 Å². The van der Waals surface area contributed by atoms with Gasteiger partial charge in [0.05, 0.1) is 4.90 Å². The molecule has 1 rings (SSSR count). The van der Waals surface area contributed by atoms with Crippen molar-refractivity contribution >= 4 is 21.6 Å². The Morgan fingerprint density at radius 3 is 2.12 bits per heavy atom. The first-order valence-corrected chi connectivity index (χ1v) is 6.74. The van der Waals surface area contributed by atoms with Gasteiger partial charge in [0.1, 0.15) is 0 Å². The predicted octanol–water partition coefficient (Wildman–Crippen LogP) is 1.30. The normalized spacial score (nSPS) is 11.3. The van der Waals surface area contributed by atoms with E-state index in [9.17, 15) is 13.2 Å². The smallest absolute Gasteiger partial charge is 0.238 e. The molecule has 0 aliphatic heterocycles. The lowest BCUT2D eigenvalue weighted by molar-refractivity contribution is -0.115. The lowest BCUT2D eigenvalue weighted by Crippen LogP contribution is -2.15. The average molecular weight is 256 g/mol. The van der Waals surface area contributed by atoms with Gasteiger partial charge >= 0.3 is 0 Å². The molecule has 5 nitrogen and oxygen atoms in total. The maximum Gasteiger partial charge on any atom is 0.238 e. The van der Waals surface area contributed by atoms with Gasteiger partial charge in [-0.25, -0.2) is 13.6 Å². The van der Waals surface area contributed by atoms with Crippen LogP contribution in [0.4, 0.5) is 5.69 Å². The minimum atomic E-state index is -3.71. The Labute approximate surface area is 101 Å². The van der Waals surface area contributed by atoms with Crippen LogP contribution < -0.4 is 10.5 Å². The Kier molecular flexibility index (Phi) is 3.90. The number of hydrogen-bond donors (Lipinski definition) is 2. The Morgan fingerprint density at radius 2 is 1.76 bits per heavy atom. The highest BCUT2D eigenvalue weighted by Crippen LogP contribution is 2.24. The zero-order valence-corrected chi connectivity index (χ0v) is 10.9. The number of primary sulfonamides is 1. The van der Waals surface area contributed by atoms with Gasteiger partial charge in [0.25, 0.3) is 0 Å². The molecule has 1 amide bonds. The zero-order valence-electron chi connectivity index (χ0n) is 10.1. The summed E-state index contributed by atoms with van der Waals surface area (Å²) < 4.78 is 22.4. The van der Waals surface area contributed by atoms with E-state index in [1.165, 1.54) is 12.1 Å². The van der Waals surface area contributed by atoms with Crippen molar-refractivity contribution in [1.82, 2.24) is 0 Å². The Balaban J connectivity index is 3.25. The fraction of sp³-hybridized carbons (Fsp3) is 0.364. The number of carbonyl (C=O) groups excluding carboxylic acids is 1. The molecule has 0 bridgehead atoms. The van der Waals surface area contributed by atoms with Gasteiger partial charge in [-0.1, -0.05) is 6.92 Å². The molecule has 17 heavy (non-hydrogen) atoms. The molecule has 0 unspecified atom stereocenters. The third kappa shape index (κ3) is 3.28. The van der Waals surface area contributed by atoms with Gasteiger partial charge in [0, 0.05) is 12.1 Å². The zero-order chi connectivity index (χ0) is 13.2. The third-order valence-electron chi connectivity index (χ3n) is 2.42. The van der Waals surface area contributed by atoms with Crippen molar-refractivity contribution in [2.24, 2.45) is 5.14 Å². The van der Waals surface area contributed by atoms with Crippen LogP contribution in [0.25, 0.3) is 0 Å². The van der Waals surface area contributed by atoms with E-state index in [0.29, 0.717) is 23.2 Å². The predicted molar refractivity (Wildman–Crippen MR) is 66.2 cm³/mol. The Bertz CT molecular complexity index is 527. The van der Waals surface area contributed by atoms with Gasteiger partial charge in [0.15, 0.2) is 0 Å². The van der Waals surface area contributed by atoms with Crippen LogP contribution in [0, 0.1) is 13.8 Å². The second-order valence-corrected chi connectivity index (χ2v) is 5.44. The van der Waals surface area contributed by atoms with E-state index in [-0.39, 0.29) is 10.8 Å². The van der Waals surface area contributed by atoms with Crippen LogP contribution in [-0.4, -0.2) is 14.3 Å². The number of rotatable bonds is 3. The first-order valence-electron chi connectivity index (χ1n) is 5.19. The first-order chi connectivity index (χ1) is 7.75. The number of anilines is 1. The van der Waals surface area contributed by atoms with Crippen molar-refractivity contribution in [2.75, 3.05) is 5.32 Å². The highest BCUT2D eigenvalue weighted by Gasteiger charge is 2.13. The van der Waals surface area contributed by atoms with E-state index >= 15 is 0 Å². The molecule has 0 radical (unpaired) electrons. The molecule has 94 valence electrons. The summed E-state index contributed by atoms with van der Waals surface area (Å²) in [6.45, 7) is 5.21. The fourth-order valence-corrected chi connectivity index (χ4v) is 2.20. The number of amides is 1. The largest absolute Gasteiger partial charge is 0.326 e. The summed E-state index contributed by atoms with van der Waals surface area (Å²) in [7, 11) is -3.71. The van der Waals surface area contributed by atoms with E-state index in [1.54, 1.807) is 20.8 Å². The van der Waals surface area contributed by atoms with Crippen molar-refractivity contribution < 1.29 is 13.2 Å². The summed E-state index contributed by atoms with van der Waals surface area (Å²) in [5.74, 6) is -0.112. The number of hydrogen-bond acceptors (Lipinski definition) is 3. The molecule has 1 aromatic rings. The highest BCUT2D eigenvalue weighted by molar-refractivity contribution is 7.89. The minimum absolute atomic E-state index is 0.0574. The molecule has 3 N–H and O–H groups in total. The lowest BCUT2D eigenvalue weighted by Gasteiger charge is -2.12. The monoisotopic (exact) mass is 256 g/mol. The van der Waals surface area contributed by atoms with E-state index in [1.807, 2.05) is 0 Å². The number of carbonyl (C=O) groups is 1. The van der Waals surface area contributed by atoms with Crippen molar-refractivity contribution in [2.45, 2.75) is 32.1 Å². The topological polar surface area (TPSA) is 89.3 Å². The van der Waals surface area contributed by atoms with Gasteiger partial charge in [-0.05, 0) is 37.1 Å². The van der Waals surface area contributed by atoms with Crippen molar-refractivity contribution in [3.05, 3.63) is 23.3 Å². The van der Waals surface area contributed by atoms with E-state index in [4.69, 9.17) is 5.14 Å². The molecule has 0 fully saturated rings. The molecule has 0 spiro atoms. The number of aryl methyl sites for hydroxylation is 2.